The Morgan fingerprint density at radius 2 is 1.59 bits per heavy atom. The number of phenols is 1. The molecule has 3 atom stereocenters. The molecule has 2 aliphatic rings. The molecule has 0 saturated carbocycles. The first-order valence-electron chi connectivity index (χ1n) is 15.2. The number of unbranched alkanes of at least 4 members (excludes halogenated alkanes) is 6. The van der Waals surface area contributed by atoms with Gasteiger partial charge in [-0.1, -0.05) is 62.7 Å². The molecule has 1 aliphatic heterocycles. The Morgan fingerprint density at radius 1 is 0.902 bits per heavy atom. The highest BCUT2D eigenvalue weighted by Crippen LogP contribution is 2.44. The summed E-state index contributed by atoms with van der Waals surface area (Å²) in [6.45, 7) is 3.04. The second-order valence-electron chi connectivity index (χ2n) is 11.5. The van der Waals surface area contributed by atoms with E-state index in [-0.39, 0.29) is 24.7 Å². The van der Waals surface area contributed by atoms with E-state index in [1.165, 1.54) is 11.1 Å². The van der Waals surface area contributed by atoms with E-state index >= 15 is 0 Å². The van der Waals surface area contributed by atoms with Crippen molar-refractivity contribution in [2.24, 2.45) is 5.92 Å². The SMILES string of the molecule is CCOC(CCCCCCCCCC1c2ccc(O)cc2NCC1C1=CC=C(O)CC1)CCCC(F)(F)C(F)(F)F. The maximum Gasteiger partial charge on any atom is 0.453 e. The summed E-state index contributed by atoms with van der Waals surface area (Å²) in [6.07, 6.45) is 7.59. The Hall–Kier alpha value is -2.29. The lowest BCUT2D eigenvalue weighted by molar-refractivity contribution is -0.284. The van der Waals surface area contributed by atoms with Crippen molar-refractivity contribution in [3.05, 3.63) is 47.2 Å². The Labute approximate surface area is 241 Å². The van der Waals surface area contributed by atoms with Crippen molar-refractivity contribution in [3.8, 4) is 5.75 Å². The number of anilines is 1. The zero-order valence-electron chi connectivity index (χ0n) is 24.1. The summed E-state index contributed by atoms with van der Waals surface area (Å²) >= 11 is 0. The van der Waals surface area contributed by atoms with E-state index in [1.807, 2.05) is 12.1 Å². The fourth-order valence-corrected chi connectivity index (χ4v) is 6.16. The second-order valence-corrected chi connectivity index (χ2v) is 11.5. The van der Waals surface area contributed by atoms with Crippen LogP contribution in [0.3, 0.4) is 0 Å². The number of phenolic OH excluding ortho intramolecular Hbond substituents is 1. The number of hydrogen-bond donors (Lipinski definition) is 3. The monoisotopic (exact) mass is 587 g/mol. The first-order valence-corrected chi connectivity index (χ1v) is 15.2. The van der Waals surface area contributed by atoms with Gasteiger partial charge < -0.3 is 20.3 Å². The van der Waals surface area contributed by atoms with Gasteiger partial charge in [-0.25, -0.2) is 0 Å². The number of aromatic hydroxyl groups is 1. The fraction of sp³-hybridized carbons (Fsp3) is 0.688. The van der Waals surface area contributed by atoms with Gasteiger partial charge in [0, 0.05) is 43.7 Å². The summed E-state index contributed by atoms with van der Waals surface area (Å²) in [5, 5.41) is 23.2. The van der Waals surface area contributed by atoms with Crippen LogP contribution >= 0.6 is 0 Å². The number of rotatable bonds is 17. The van der Waals surface area contributed by atoms with E-state index in [4.69, 9.17) is 4.74 Å². The van der Waals surface area contributed by atoms with Crippen LogP contribution in [0.25, 0.3) is 0 Å². The molecule has 0 saturated heterocycles. The van der Waals surface area contributed by atoms with Gasteiger partial charge in [0.1, 0.15) is 5.75 Å². The zero-order valence-corrected chi connectivity index (χ0v) is 24.1. The molecule has 3 rings (SSSR count). The minimum Gasteiger partial charge on any atom is -0.512 e. The van der Waals surface area contributed by atoms with E-state index in [0.29, 0.717) is 37.0 Å². The van der Waals surface area contributed by atoms with E-state index < -0.39 is 18.5 Å². The quantitative estimate of drug-likeness (QED) is 0.125. The van der Waals surface area contributed by atoms with Gasteiger partial charge in [0.2, 0.25) is 0 Å². The van der Waals surface area contributed by atoms with Crippen LogP contribution in [0, 0.1) is 5.92 Å². The van der Waals surface area contributed by atoms with Crippen molar-refractivity contribution >= 4 is 5.69 Å². The molecule has 1 aromatic rings. The van der Waals surface area contributed by atoms with Gasteiger partial charge in [0.15, 0.2) is 0 Å². The molecular weight excluding hydrogens is 541 g/mol. The number of ether oxygens (including phenoxy) is 1. The summed E-state index contributed by atoms with van der Waals surface area (Å²) < 4.78 is 69.0. The standard InChI is InChI=1S/C32H46F5NO3/c1-2-41-26(12-10-20-31(33,34)32(35,36)37)11-8-6-4-3-5-7-9-13-27-28-19-18-25(40)21-30(28)38-22-29(27)23-14-16-24(39)17-15-23/h14,16,18-19,21,26-27,29,38-40H,2-13,15,17,20,22H2,1H3. The first kappa shape index (κ1) is 33.2. The van der Waals surface area contributed by atoms with Crippen LogP contribution in [0.5, 0.6) is 5.75 Å². The molecule has 3 unspecified atom stereocenters. The highest BCUT2D eigenvalue weighted by atomic mass is 19.4. The number of alkyl halides is 5. The van der Waals surface area contributed by atoms with Gasteiger partial charge in [-0.3, -0.25) is 0 Å². The van der Waals surface area contributed by atoms with Crippen LogP contribution in [0.1, 0.15) is 108 Å². The summed E-state index contributed by atoms with van der Waals surface area (Å²) in [6, 6.07) is 5.58. The van der Waals surface area contributed by atoms with Gasteiger partial charge in [-0.2, -0.15) is 22.0 Å². The number of halogens is 5. The number of hydrogen-bond acceptors (Lipinski definition) is 4. The Kier molecular flexibility index (Phi) is 12.8. The van der Waals surface area contributed by atoms with Crippen molar-refractivity contribution < 1.29 is 36.9 Å². The lowest BCUT2D eigenvalue weighted by Crippen LogP contribution is -2.36. The largest absolute Gasteiger partial charge is 0.512 e. The minimum atomic E-state index is -5.49. The third kappa shape index (κ3) is 10.2. The normalized spacial score (nSPS) is 20.1. The molecule has 0 aromatic heterocycles. The van der Waals surface area contributed by atoms with Crippen LogP contribution in [-0.2, 0) is 4.74 Å². The molecule has 1 aromatic carbocycles. The molecule has 0 spiro atoms. The Bertz CT molecular complexity index is 1010. The predicted octanol–water partition coefficient (Wildman–Crippen LogP) is 9.96. The van der Waals surface area contributed by atoms with Gasteiger partial charge in [-0.05, 0) is 62.7 Å². The maximum absolute atomic E-state index is 13.2. The van der Waals surface area contributed by atoms with Crippen LogP contribution < -0.4 is 5.32 Å². The lowest BCUT2D eigenvalue weighted by atomic mass is 9.73. The van der Waals surface area contributed by atoms with Crippen molar-refractivity contribution in [2.75, 3.05) is 18.5 Å². The topological polar surface area (TPSA) is 61.7 Å². The Balaban J connectivity index is 1.36. The second kappa shape index (κ2) is 15.8. The van der Waals surface area contributed by atoms with Gasteiger partial charge in [0.05, 0.1) is 11.9 Å². The van der Waals surface area contributed by atoms with Crippen molar-refractivity contribution in [1.82, 2.24) is 0 Å². The summed E-state index contributed by atoms with van der Waals surface area (Å²) in [5.74, 6) is -3.24. The van der Waals surface area contributed by atoms with Gasteiger partial charge in [0.25, 0.3) is 0 Å². The minimum absolute atomic E-state index is 0.211. The first-order chi connectivity index (χ1) is 19.5. The summed E-state index contributed by atoms with van der Waals surface area (Å²) in [7, 11) is 0. The van der Waals surface area contributed by atoms with Crippen molar-refractivity contribution in [1.29, 1.82) is 0 Å². The molecule has 0 bridgehead atoms. The molecule has 232 valence electrons. The number of allylic oxidation sites excluding steroid dienone is 3. The molecule has 4 nitrogen and oxygen atoms in total. The van der Waals surface area contributed by atoms with Crippen molar-refractivity contribution in [3.63, 3.8) is 0 Å². The number of nitrogens with one attached hydrogen (secondary N) is 1. The van der Waals surface area contributed by atoms with Crippen LogP contribution in [-0.4, -0.2) is 41.6 Å². The number of aliphatic hydroxyl groups excluding tert-OH is 1. The van der Waals surface area contributed by atoms with Gasteiger partial charge >= 0.3 is 12.1 Å². The molecule has 1 aliphatic carbocycles. The average Bonchev–Trinajstić information content (AvgIpc) is 2.91. The van der Waals surface area contributed by atoms with Crippen LogP contribution in [0.2, 0.25) is 0 Å². The molecule has 0 fully saturated rings. The van der Waals surface area contributed by atoms with Gasteiger partial charge in [-0.15, -0.1) is 0 Å². The van der Waals surface area contributed by atoms with E-state index in [9.17, 15) is 32.2 Å². The smallest absolute Gasteiger partial charge is 0.453 e. The molecule has 41 heavy (non-hydrogen) atoms. The lowest BCUT2D eigenvalue weighted by Gasteiger charge is -2.37. The number of aliphatic hydroxyl groups is 1. The molecule has 0 radical (unpaired) electrons. The number of fused-ring (bicyclic) bond motifs is 1. The molecule has 0 amide bonds. The van der Waals surface area contributed by atoms with Crippen LogP contribution in [0.4, 0.5) is 27.6 Å². The third-order valence-corrected chi connectivity index (χ3v) is 8.45. The third-order valence-electron chi connectivity index (χ3n) is 8.45. The maximum atomic E-state index is 13.2. The summed E-state index contributed by atoms with van der Waals surface area (Å²) in [4.78, 5) is 0. The molecule has 3 N–H and O–H groups in total. The Morgan fingerprint density at radius 3 is 2.24 bits per heavy atom. The predicted molar refractivity (Wildman–Crippen MR) is 153 cm³/mol. The summed E-state index contributed by atoms with van der Waals surface area (Å²) in [5.41, 5.74) is 3.60. The van der Waals surface area contributed by atoms with E-state index in [2.05, 4.69) is 11.4 Å². The molecule has 1 heterocycles. The number of benzene rings is 1. The van der Waals surface area contributed by atoms with E-state index in [0.717, 1.165) is 70.0 Å². The van der Waals surface area contributed by atoms with E-state index in [1.54, 1.807) is 19.1 Å². The zero-order chi connectivity index (χ0) is 29.9. The molecule has 9 heteroatoms. The average molecular weight is 588 g/mol. The fourth-order valence-electron chi connectivity index (χ4n) is 6.16. The highest BCUT2D eigenvalue weighted by Gasteiger charge is 2.56. The van der Waals surface area contributed by atoms with Crippen molar-refractivity contribution in [2.45, 2.75) is 121 Å². The highest BCUT2D eigenvalue weighted by molar-refractivity contribution is 5.59. The molecular formula is C32H46F5NO3. The van der Waals surface area contributed by atoms with Crippen LogP contribution in [0.15, 0.2) is 41.7 Å².